The van der Waals surface area contributed by atoms with E-state index in [2.05, 4.69) is 47.0 Å². The fraction of sp³-hybridized carbons (Fsp3) is 0.324. The van der Waals surface area contributed by atoms with Gasteiger partial charge in [-0.3, -0.25) is 19.3 Å². The van der Waals surface area contributed by atoms with E-state index < -0.39 is 12.0 Å². The number of carboxylic acid groups (broad SMARTS) is 1. The molecule has 0 aliphatic carbocycles. The number of nitrogens with one attached hydrogen (secondary N) is 2. The van der Waals surface area contributed by atoms with Crippen molar-refractivity contribution in [3.8, 4) is 21.6 Å². The van der Waals surface area contributed by atoms with Gasteiger partial charge in [-0.15, -0.1) is 11.3 Å². The van der Waals surface area contributed by atoms with Crippen LogP contribution >= 0.6 is 11.3 Å². The Morgan fingerprint density at radius 2 is 1.42 bits per heavy atom. The van der Waals surface area contributed by atoms with Gasteiger partial charge in [-0.2, -0.15) is 0 Å². The molecule has 3 N–H and O–H groups in total. The Kier molecular flexibility index (Phi) is 14.8. The number of thiophene rings is 1. The molecule has 0 unspecified atom stereocenters. The second-order valence-electron chi connectivity index (χ2n) is 11.1. The first-order chi connectivity index (χ1) is 23.4. The number of anilines is 1. The fourth-order valence-electron chi connectivity index (χ4n) is 5.11. The maximum atomic E-state index is 12.7. The molecule has 11 heteroatoms. The van der Waals surface area contributed by atoms with E-state index in [0.717, 1.165) is 38.4 Å². The fourth-order valence-corrected chi connectivity index (χ4v) is 5.96. The van der Waals surface area contributed by atoms with E-state index in [1.165, 1.54) is 0 Å². The average Bonchev–Trinajstić information content (AvgIpc) is 3.56. The highest BCUT2D eigenvalue weighted by molar-refractivity contribution is 7.14. The lowest BCUT2D eigenvalue weighted by Gasteiger charge is -2.27. The number of rotatable bonds is 20. The smallest absolute Gasteiger partial charge is 0.305 e. The van der Waals surface area contributed by atoms with Crippen LogP contribution in [0.25, 0.3) is 21.6 Å². The molecular weight excluding hydrogens is 630 g/mol. The van der Waals surface area contributed by atoms with Gasteiger partial charge in [-0.1, -0.05) is 72.8 Å². The van der Waals surface area contributed by atoms with Crippen molar-refractivity contribution in [3.05, 3.63) is 101 Å². The summed E-state index contributed by atoms with van der Waals surface area (Å²) < 4.78 is 16.1. The van der Waals surface area contributed by atoms with Crippen LogP contribution in [0.15, 0.2) is 90.3 Å². The zero-order valence-corrected chi connectivity index (χ0v) is 28.2. The summed E-state index contributed by atoms with van der Waals surface area (Å²) in [6.45, 7) is 2.42. The average molecular weight is 674 g/mol. The number of amides is 2. The molecule has 0 bridgehead atoms. The van der Waals surface area contributed by atoms with Gasteiger partial charge in [-0.25, -0.2) is 0 Å². The van der Waals surface area contributed by atoms with E-state index in [4.69, 9.17) is 19.3 Å². The van der Waals surface area contributed by atoms with Gasteiger partial charge in [0.1, 0.15) is 6.04 Å². The number of carbonyl (C=O) groups is 3. The molecule has 4 aromatic rings. The van der Waals surface area contributed by atoms with Crippen molar-refractivity contribution < 1.29 is 33.7 Å². The molecule has 10 nitrogen and oxygen atoms in total. The van der Waals surface area contributed by atoms with Crippen LogP contribution in [0.3, 0.4) is 0 Å². The third-order valence-electron chi connectivity index (χ3n) is 7.51. The third kappa shape index (κ3) is 11.4. The van der Waals surface area contributed by atoms with Crippen LogP contribution in [0.1, 0.15) is 30.0 Å². The van der Waals surface area contributed by atoms with E-state index in [9.17, 15) is 14.4 Å². The first kappa shape index (κ1) is 36.4. The Bertz CT molecular complexity index is 1590. The predicted molar refractivity (Wildman–Crippen MR) is 188 cm³/mol. The van der Waals surface area contributed by atoms with E-state index >= 15 is 0 Å². The number of carboxylic acids is 1. The van der Waals surface area contributed by atoms with E-state index in [0.29, 0.717) is 33.0 Å². The van der Waals surface area contributed by atoms with Gasteiger partial charge in [0.05, 0.1) is 63.0 Å². The van der Waals surface area contributed by atoms with Crippen LogP contribution in [-0.2, 0) is 35.1 Å². The summed E-state index contributed by atoms with van der Waals surface area (Å²) in [5, 5.41) is 16.3. The quantitative estimate of drug-likeness (QED) is 0.0998. The van der Waals surface area contributed by atoms with Gasteiger partial charge in [0, 0.05) is 13.6 Å². The van der Waals surface area contributed by atoms with Crippen molar-refractivity contribution in [2.45, 2.75) is 25.4 Å². The van der Waals surface area contributed by atoms with Gasteiger partial charge in [0.2, 0.25) is 11.8 Å². The summed E-state index contributed by atoms with van der Waals surface area (Å²) >= 11 is 1.57. The van der Waals surface area contributed by atoms with Crippen molar-refractivity contribution in [2.24, 2.45) is 0 Å². The molecule has 0 aliphatic rings. The molecule has 1 aromatic heterocycles. The standard InChI is InChI=1S/C37H43N3O7S/c1-38-37(44)35(29-7-4-3-5-8-29)40(2)26-27-11-13-28(14-12-27)30-9-6-10-31(25-30)36-32(17-24-48-36)39-33(41)15-18-45-20-22-47-23-21-46-19-16-34(42)43/h3-14,17,24-25,35H,15-16,18-23,26H2,1-2H3,(H,38,44)(H,39,41)(H,42,43)/t35-/m0/s1. The van der Waals surface area contributed by atoms with E-state index in [1.54, 1.807) is 18.4 Å². The molecule has 254 valence electrons. The third-order valence-corrected chi connectivity index (χ3v) is 8.48. The van der Waals surface area contributed by atoms with Crippen molar-refractivity contribution >= 4 is 34.8 Å². The molecule has 3 aromatic carbocycles. The minimum absolute atomic E-state index is 0.0298. The summed E-state index contributed by atoms with van der Waals surface area (Å²) in [6.07, 6.45) is 0.183. The van der Waals surface area contributed by atoms with E-state index in [1.807, 2.05) is 65.9 Å². The Morgan fingerprint density at radius 3 is 2.08 bits per heavy atom. The molecule has 1 atom stereocenters. The van der Waals surface area contributed by atoms with Crippen molar-refractivity contribution in [2.75, 3.05) is 59.1 Å². The van der Waals surface area contributed by atoms with Gasteiger partial charge < -0.3 is 30.0 Å². The molecular formula is C37H43N3O7S. The lowest BCUT2D eigenvalue weighted by molar-refractivity contribution is -0.138. The highest BCUT2D eigenvalue weighted by atomic mass is 32.1. The number of benzene rings is 3. The van der Waals surface area contributed by atoms with Crippen LogP contribution in [0.2, 0.25) is 0 Å². The van der Waals surface area contributed by atoms with Crippen molar-refractivity contribution in [1.82, 2.24) is 10.2 Å². The largest absolute Gasteiger partial charge is 0.481 e. The normalized spacial score (nSPS) is 11.7. The monoisotopic (exact) mass is 673 g/mol. The minimum atomic E-state index is -0.893. The molecule has 0 spiro atoms. The first-order valence-corrected chi connectivity index (χ1v) is 16.7. The number of hydrogen-bond donors (Lipinski definition) is 3. The van der Waals surface area contributed by atoms with Crippen LogP contribution in [0, 0.1) is 0 Å². The van der Waals surface area contributed by atoms with Crippen LogP contribution in [0.4, 0.5) is 5.69 Å². The Labute approximate surface area is 285 Å². The molecule has 48 heavy (non-hydrogen) atoms. The van der Waals surface area contributed by atoms with Crippen LogP contribution < -0.4 is 10.6 Å². The van der Waals surface area contributed by atoms with Crippen LogP contribution in [0.5, 0.6) is 0 Å². The topological polar surface area (TPSA) is 126 Å². The molecule has 0 radical (unpaired) electrons. The molecule has 0 saturated heterocycles. The molecule has 2 amide bonds. The number of likely N-dealkylation sites (N-methyl/N-ethyl adjacent to an activating group) is 2. The summed E-state index contributed by atoms with van der Waals surface area (Å²) in [4.78, 5) is 38.8. The lowest BCUT2D eigenvalue weighted by atomic mass is 10.00. The summed E-state index contributed by atoms with van der Waals surface area (Å²) in [5.41, 5.74) is 5.95. The summed E-state index contributed by atoms with van der Waals surface area (Å²) in [6, 6.07) is 27.9. The number of nitrogens with zero attached hydrogens (tertiary/aromatic N) is 1. The molecule has 0 fully saturated rings. The highest BCUT2D eigenvalue weighted by Crippen LogP contribution is 2.36. The number of aliphatic carboxylic acids is 1. The van der Waals surface area contributed by atoms with Gasteiger partial charge in [0.25, 0.3) is 0 Å². The summed E-state index contributed by atoms with van der Waals surface area (Å²) in [7, 11) is 3.62. The molecule has 1 heterocycles. The number of ether oxygens (including phenoxy) is 3. The van der Waals surface area contributed by atoms with Gasteiger partial charge in [0.15, 0.2) is 0 Å². The Morgan fingerprint density at radius 1 is 0.771 bits per heavy atom. The zero-order valence-electron chi connectivity index (χ0n) is 27.4. The molecule has 0 aliphatic heterocycles. The molecule has 0 saturated carbocycles. The second-order valence-corrected chi connectivity index (χ2v) is 12.0. The van der Waals surface area contributed by atoms with Gasteiger partial charge >= 0.3 is 5.97 Å². The predicted octanol–water partition coefficient (Wildman–Crippen LogP) is 5.85. The van der Waals surface area contributed by atoms with Crippen molar-refractivity contribution in [3.63, 3.8) is 0 Å². The molecule has 4 rings (SSSR count). The Balaban J connectivity index is 1.26. The highest BCUT2D eigenvalue weighted by Gasteiger charge is 2.24. The summed E-state index contributed by atoms with van der Waals surface area (Å²) in [5.74, 6) is -1.08. The first-order valence-electron chi connectivity index (χ1n) is 15.8. The maximum absolute atomic E-state index is 12.7. The SMILES string of the molecule is CNC(=O)[C@H](c1ccccc1)N(C)Cc1ccc(-c2cccc(-c3sccc3NC(=O)CCOCCOCCOCCC(=O)O)c2)cc1. The van der Waals surface area contributed by atoms with Crippen molar-refractivity contribution in [1.29, 1.82) is 0 Å². The zero-order chi connectivity index (χ0) is 34.1. The Hall–Kier alpha value is -4.39. The van der Waals surface area contributed by atoms with Crippen LogP contribution in [-0.4, -0.2) is 81.5 Å². The second kappa shape index (κ2) is 19.4. The number of carbonyl (C=O) groups excluding carboxylic acids is 2. The minimum Gasteiger partial charge on any atom is -0.481 e. The van der Waals surface area contributed by atoms with Gasteiger partial charge in [-0.05, 0) is 52.4 Å². The lowest BCUT2D eigenvalue weighted by Crippen LogP contribution is -2.36. The maximum Gasteiger partial charge on any atom is 0.305 e. The van der Waals surface area contributed by atoms with E-state index in [-0.39, 0.29) is 37.9 Å². The number of hydrogen-bond acceptors (Lipinski definition) is 8.